The van der Waals surface area contributed by atoms with Gasteiger partial charge < -0.3 is 20.9 Å². The van der Waals surface area contributed by atoms with Gasteiger partial charge in [-0.3, -0.25) is 9.79 Å². The van der Waals surface area contributed by atoms with Crippen LogP contribution in [0.2, 0.25) is 0 Å². The van der Waals surface area contributed by atoms with Gasteiger partial charge in [0.15, 0.2) is 5.96 Å². The molecule has 1 atom stereocenters. The minimum absolute atomic E-state index is 0. The summed E-state index contributed by atoms with van der Waals surface area (Å²) in [7, 11) is 1.65. The van der Waals surface area contributed by atoms with E-state index in [2.05, 4.69) is 40.8 Å². The summed E-state index contributed by atoms with van der Waals surface area (Å²) in [4.78, 5) is 19.1. The Morgan fingerprint density at radius 3 is 2.82 bits per heavy atom. The molecule has 0 radical (unpaired) electrons. The predicted molar refractivity (Wildman–Crippen MR) is 128 cm³/mol. The Morgan fingerprint density at radius 1 is 1.29 bits per heavy atom. The quantitative estimate of drug-likeness (QED) is 0.277. The molecule has 1 unspecified atom stereocenters. The Kier molecular flexibility index (Phi) is 12.1. The fourth-order valence-corrected chi connectivity index (χ4v) is 3.48. The number of carbonyl (C=O) groups is 1. The topological polar surface area (TPSA) is 68.8 Å². The molecule has 1 aromatic carbocycles. The molecule has 0 spiro atoms. The van der Waals surface area contributed by atoms with E-state index in [0.717, 1.165) is 37.6 Å². The molecule has 0 aromatic heterocycles. The maximum atomic E-state index is 11.7. The fraction of sp³-hybridized carbons (Fsp3) is 0.619. The third-order valence-corrected chi connectivity index (χ3v) is 4.88. The van der Waals surface area contributed by atoms with Crippen LogP contribution in [0, 0.1) is 5.92 Å². The Balaban J connectivity index is 0.00000392. The number of aliphatic imine (C=N–C) groups is 1. The van der Waals surface area contributed by atoms with Crippen LogP contribution in [-0.2, 0) is 6.42 Å². The smallest absolute Gasteiger partial charge is 0.251 e. The number of rotatable bonds is 9. The second-order valence-electron chi connectivity index (χ2n) is 7.13. The van der Waals surface area contributed by atoms with Crippen molar-refractivity contribution < 1.29 is 4.79 Å². The number of nitrogens with one attached hydrogen (secondary N) is 3. The number of guanidine groups is 1. The van der Waals surface area contributed by atoms with Gasteiger partial charge in [-0.15, -0.1) is 24.0 Å². The maximum Gasteiger partial charge on any atom is 0.251 e. The monoisotopic (exact) mass is 501 g/mol. The highest BCUT2D eigenvalue weighted by atomic mass is 127. The Bertz CT molecular complexity index is 623. The molecule has 1 aliphatic rings. The van der Waals surface area contributed by atoms with Crippen molar-refractivity contribution in [2.45, 2.75) is 33.1 Å². The van der Waals surface area contributed by atoms with E-state index in [1.807, 2.05) is 18.2 Å². The van der Waals surface area contributed by atoms with Crippen molar-refractivity contribution >= 4 is 35.8 Å². The Morgan fingerprint density at radius 2 is 2.11 bits per heavy atom. The van der Waals surface area contributed by atoms with Crippen molar-refractivity contribution in [2.75, 3.05) is 46.3 Å². The van der Waals surface area contributed by atoms with Gasteiger partial charge in [-0.25, -0.2) is 0 Å². The third kappa shape index (κ3) is 8.34. The van der Waals surface area contributed by atoms with Crippen LogP contribution in [-0.4, -0.2) is 63.1 Å². The normalized spacial score (nSPS) is 17.1. The molecular formula is C21H36IN5O. The van der Waals surface area contributed by atoms with Crippen LogP contribution in [0.25, 0.3) is 0 Å². The molecule has 0 saturated carbocycles. The molecule has 1 aliphatic heterocycles. The first-order valence-corrected chi connectivity index (χ1v) is 10.2. The molecule has 7 heteroatoms. The van der Waals surface area contributed by atoms with Crippen LogP contribution in [0.4, 0.5) is 0 Å². The maximum absolute atomic E-state index is 11.7. The lowest BCUT2D eigenvalue weighted by Gasteiger charge is -2.15. The summed E-state index contributed by atoms with van der Waals surface area (Å²) in [5.74, 6) is 1.50. The van der Waals surface area contributed by atoms with E-state index in [1.54, 1.807) is 7.05 Å². The van der Waals surface area contributed by atoms with Crippen LogP contribution in [0.15, 0.2) is 29.3 Å². The number of hydrogen-bond donors (Lipinski definition) is 3. The van der Waals surface area contributed by atoms with Gasteiger partial charge in [-0.1, -0.05) is 19.1 Å². The fourth-order valence-electron chi connectivity index (χ4n) is 3.48. The average Bonchev–Trinajstić information content (AvgIpc) is 3.13. The second-order valence-corrected chi connectivity index (χ2v) is 7.13. The van der Waals surface area contributed by atoms with E-state index in [1.165, 1.54) is 32.5 Å². The van der Waals surface area contributed by atoms with E-state index in [4.69, 9.17) is 4.99 Å². The SMILES string of the molecule is CCCN1CCC(CN=C(NCC)NCCc2cccc(C(=O)NC)c2)C1.I. The van der Waals surface area contributed by atoms with Crippen molar-refractivity contribution in [1.29, 1.82) is 0 Å². The van der Waals surface area contributed by atoms with E-state index in [9.17, 15) is 4.79 Å². The molecule has 6 nitrogen and oxygen atoms in total. The molecule has 1 aromatic rings. The zero-order valence-corrected chi connectivity index (χ0v) is 19.8. The molecular weight excluding hydrogens is 465 g/mol. The average molecular weight is 501 g/mol. The highest BCUT2D eigenvalue weighted by Crippen LogP contribution is 2.16. The molecule has 1 fully saturated rings. The number of amides is 1. The molecule has 2 rings (SSSR count). The van der Waals surface area contributed by atoms with Gasteiger partial charge >= 0.3 is 0 Å². The lowest BCUT2D eigenvalue weighted by molar-refractivity contribution is 0.0963. The van der Waals surface area contributed by atoms with Crippen LogP contribution in [0.3, 0.4) is 0 Å². The first-order chi connectivity index (χ1) is 13.2. The van der Waals surface area contributed by atoms with E-state index in [0.29, 0.717) is 11.5 Å². The lowest BCUT2D eigenvalue weighted by atomic mass is 10.1. The summed E-state index contributed by atoms with van der Waals surface area (Å²) in [6.45, 7) is 10.4. The van der Waals surface area contributed by atoms with Crippen molar-refractivity contribution in [1.82, 2.24) is 20.9 Å². The predicted octanol–water partition coefficient (Wildman–Crippen LogP) is 2.49. The first kappa shape index (κ1) is 24.7. The number of benzene rings is 1. The van der Waals surface area contributed by atoms with Gasteiger partial charge in [0, 0.05) is 38.8 Å². The minimum Gasteiger partial charge on any atom is -0.357 e. The Hall–Kier alpha value is -1.35. The molecule has 1 amide bonds. The van der Waals surface area contributed by atoms with Crippen molar-refractivity contribution in [3.8, 4) is 0 Å². The van der Waals surface area contributed by atoms with Crippen LogP contribution >= 0.6 is 24.0 Å². The molecule has 1 heterocycles. The summed E-state index contributed by atoms with van der Waals surface area (Å²) in [6.07, 6.45) is 3.32. The van der Waals surface area contributed by atoms with Gasteiger partial charge in [0.25, 0.3) is 5.91 Å². The summed E-state index contributed by atoms with van der Waals surface area (Å²) >= 11 is 0. The molecule has 0 bridgehead atoms. The largest absolute Gasteiger partial charge is 0.357 e. The standard InChI is InChI=1S/C21H35N5O.HI/c1-4-12-26-13-10-18(16-26)15-25-21(23-5-2)24-11-9-17-7-6-8-19(14-17)20(27)22-3;/h6-8,14,18H,4-5,9-13,15-16H2,1-3H3,(H,22,27)(H2,23,24,25);1H. The zero-order chi connectivity index (χ0) is 19.5. The highest BCUT2D eigenvalue weighted by molar-refractivity contribution is 14.0. The molecule has 3 N–H and O–H groups in total. The number of likely N-dealkylation sites (tertiary alicyclic amines) is 1. The summed E-state index contributed by atoms with van der Waals surface area (Å²) in [5.41, 5.74) is 1.85. The van der Waals surface area contributed by atoms with E-state index < -0.39 is 0 Å². The van der Waals surface area contributed by atoms with E-state index >= 15 is 0 Å². The number of carbonyl (C=O) groups excluding carboxylic acids is 1. The third-order valence-electron chi connectivity index (χ3n) is 4.88. The molecule has 158 valence electrons. The van der Waals surface area contributed by atoms with E-state index in [-0.39, 0.29) is 29.9 Å². The van der Waals surface area contributed by atoms with Crippen molar-refractivity contribution in [2.24, 2.45) is 10.9 Å². The minimum atomic E-state index is -0.0478. The summed E-state index contributed by atoms with van der Waals surface area (Å²) < 4.78 is 0. The number of halogens is 1. The molecule has 28 heavy (non-hydrogen) atoms. The van der Waals surface area contributed by atoms with Crippen LogP contribution < -0.4 is 16.0 Å². The summed E-state index contributed by atoms with van der Waals surface area (Å²) in [5, 5.41) is 9.41. The number of hydrogen-bond acceptors (Lipinski definition) is 3. The van der Waals surface area contributed by atoms with Gasteiger partial charge in [0.1, 0.15) is 0 Å². The number of nitrogens with zero attached hydrogens (tertiary/aromatic N) is 2. The van der Waals surface area contributed by atoms with Crippen molar-refractivity contribution in [3.05, 3.63) is 35.4 Å². The van der Waals surface area contributed by atoms with Gasteiger partial charge in [0.05, 0.1) is 0 Å². The second kappa shape index (κ2) is 13.8. The molecule has 0 aliphatic carbocycles. The van der Waals surface area contributed by atoms with Crippen LogP contribution in [0.1, 0.15) is 42.6 Å². The highest BCUT2D eigenvalue weighted by Gasteiger charge is 2.21. The first-order valence-electron chi connectivity index (χ1n) is 10.2. The van der Waals surface area contributed by atoms with Crippen LogP contribution in [0.5, 0.6) is 0 Å². The lowest BCUT2D eigenvalue weighted by Crippen LogP contribution is -2.38. The molecule has 1 saturated heterocycles. The Labute approximate surface area is 187 Å². The summed E-state index contributed by atoms with van der Waals surface area (Å²) in [6, 6.07) is 7.77. The van der Waals surface area contributed by atoms with Crippen molar-refractivity contribution in [3.63, 3.8) is 0 Å². The van der Waals surface area contributed by atoms with Gasteiger partial charge in [-0.05, 0) is 62.9 Å². The van der Waals surface area contributed by atoms with Gasteiger partial charge in [-0.2, -0.15) is 0 Å². The van der Waals surface area contributed by atoms with Gasteiger partial charge in [0.2, 0.25) is 0 Å². The zero-order valence-electron chi connectivity index (χ0n) is 17.5.